The third kappa shape index (κ3) is 3.32. The summed E-state index contributed by atoms with van der Waals surface area (Å²) in [6.07, 6.45) is 1.29. The molecule has 0 saturated heterocycles. The number of benzene rings is 2. The molecule has 0 unspecified atom stereocenters. The van der Waals surface area contributed by atoms with E-state index in [1.807, 2.05) is 18.2 Å². The lowest BCUT2D eigenvalue weighted by atomic mass is 10.1. The zero-order valence-electron chi connectivity index (χ0n) is 10.7. The van der Waals surface area contributed by atoms with Gasteiger partial charge in [-0.05, 0) is 35.4 Å². The molecule has 100 valence electrons. The molecule has 0 aromatic heterocycles. The van der Waals surface area contributed by atoms with E-state index in [-0.39, 0.29) is 0 Å². The Bertz CT molecular complexity index is 631. The molecule has 0 aliphatic carbocycles. The predicted molar refractivity (Wildman–Crippen MR) is 76.9 cm³/mol. The van der Waals surface area contributed by atoms with Crippen molar-refractivity contribution >= 4 is 17.8 Å². The average Bonchev–Trinajstić information content (AvgIpc) is 2.49. The fourth-order valence-corrected chi connectivity index (χ4v) is 1.61. The number of hydrogen-bond donors (Lipinski definition) is 1. The highest BCUT2D eigenvalue weighted by atomic mass is 16.5. The van der Waals surface area contributed by atoms with Gasteiger partial charge in [-0.15, -0.1) is 0 Å². The number of esters is 1. The Balaban J connectivity index is 2.06. The van der Waals surface area contributed by atoms with Gasteiger partial charge in [-0.2, -0.15) is 0 Å². The molecule has 0 radical (unpaired) electrons. The minimum atomic E-state index is -0.500. The Kier molecular flexibility index (Phi) is 4.29. The molecule has 0 atom stereocenters. The molecular formula is C16H13NO3. The van der Waals surface area contributed by atoms with Gasteiger partial charge in [0.15, 0.2) is 0 Å². The number of ether oxygens (including phenoxy) is 1. The SMILES string of the molecule is C=C(C(=O)Oc1ccc(C=NO)cc1)c1ccccc1. The van der Waals surface area contributed by atoms with E-state index in [4.69, 9.17) is 9.94 Å². The van der Waals surface area contributed by atoms with Gasteiger partial charge in [-0.1, -0.05) is 42.1 Å². The Morgan fingerprint density at radius 3 is 2.35 bits per heavy atom. The van der Waals surface area contributed by atoms with Gasteiger partial charge in [0.25, 0.3) is 0 Å². The second-order valence-electron chi connectivity index (χ2n) is 4.05. The minimum absolute atomic E-state index is 0.298. The largest absolute Gasteiger partial charge is 0.423 e. The smallest absolute Gasteiger partial charge is 0.343 e. The van der Waals surface area contributed by atoms with Gasteiger partial charge in [-0.25, -0.2) is 4.79 Å². The van der Waals surface area contributed by atoms with Crippen LogP contribution in [0.1, 0.15) is 11.1 Å². The van der Waals surface area contributed by atoms with Crippen LogP contribution >= 0.6 is 0 Å². The standard InChI is InChI=1S/C16H13NO3/c1-12(14-5-3-2-4-6-14)16(18)20-15-9-7-13(8-10-15)11-17-19/h2-11,19H,1H2. The molecule has 2 rings (SSSR count). The minimum Gasteiger partial charge on any atom is -0.423 e. The summed E-state index contributed by atoms with van der Waals surface area (Å²) in [5.41, 5.74) is 1.72. The number of rotatable bonds is 4. The van der Waals surface area contributed by atoms with Crippen LogP contribution in [0.5, 0.6) is 5.75 Å². The quantitative estimate of drug-likeness (QED) is 0.231. The maximum Gasteiger partial charge on any atom is 0.343 e. The molecule has 0 fully saturated rings. The molecule has 2 aromatic carbocycles. The molecular weight excluding hydrogens is 254 g/mol. The highest BCUT2D eigenvalue weighted by Gasteiger charge is 2.11. The zero-order valence-corrected chi connectivity index (χ0v) is 10.7. The van der Waals surface area contributed by atoms with Gasteiger partial charge in [0.2, 0.25) is 0 Å². The summed E-state index contributed by atoms with van der Waals surface area (Å²) in [7, 11) is 0. The van der Waals surface area contributed by atoms with Crippen molar-refractivity contribution in [1.29, 1.82) is 0 Å². The lowest BCUT2D eigenvalue weighted by molar-refractivity contribution is -0.127. The molecule has 0 spiro atoms. The van der Waals surface area contributed by atoms with Crippen LogP contribution in [0.2, 0.25) is 0 Å². The first-order valence-corrected chi connectivity index (χ1v) is 5.94. The molecule has 1 N–H and O–H groups in total. The predicted octanol–water partition coefficient (Wildman–Crippen LogP) is 3.11. The van der Waals surface area contributed by atoms with E-state index in [0.717, 1.165) is 5.56 Å². The summed E-state index contributed by atoms with van der Waals surface area (Å²) in [5.74, 6) is -0.0954. The van der Waals surface area contributed by atoms with Crippen LogP contribution in [0, 0.1) is 0 Å². The first kappa shape index (κ1) is 13.5. The molecule has 0 bridgehead atoms. The molecule has 0 saturated carbocycles. The lowest BCUT2D eigenvalue weighted by Crippen LogP contribution is -2.09. The van der Waals surface area contributed by atoms with E-state index in [1.54, 1.807) is 36.4 Å². The van der Waals surface area contributed by atoms with E-state index in [9.17, 15) is 4.79 Å². The second-order valence-corrected chi connectivity index (χ2v) is 4.05. The topological polar surface area (TPSA) is 58.9 Å². The van der Waals surface area contributed by atoms with Crippen LogP contribution in [0.15, 0.2) is 66.3 Å². The van der Waals surface area contributed by atoms with Crippen LogP contribution < -0.4 is 4.74 Å². The van der Waals surface area contributed by atoms with Crippen LogP contribution in [0.4, 0.5) is 0 Å². The molecule has 0 aliphatic heterocycles. The van der Waals surface area contributed by atoms with E-state index in [0.29, 0.717) is 16.9 Å². The molecule has 4 nitrogen and oxygen atoms in total. The monoisotopic (exact) mass is 267 g/mol. The molecule has 0 amide bonds. The second kappa shape index (κ2) is 6.33. The number of carbonyl (C=O) groups excluding carboxylic acids is 1. The Morgan fingerprint density at radius 2 is 1.75 bits per heavy atom. The van der Waals surface area contributed by atoms with Gasteiger partial charge >= 0.3 is 5.97 Å². The molecule has 4 heteroatoms. The highest BCUT2D eigenvalue weighted by Crippen LogP contribution is 2.17. The van der Waals surface area contributed by atoms with Gasteiger partial charge in [-0.3, -0.25) is 0 Å². The number of hydrogen-bond acceptors (Lipinski definition) is 4. The first-order chi connectivity index (χ1) is 9.70. The summed E-state index contributed by atoms with van der Waals surface area (Å²) < 4.78 is 5.22. The summed E-state index contributed by atoms with van der Waals surface area (Å²) in [6, 6.07) is 15.7. The average molecular weight is 267 g/mol. The van der Waals surface area contributed by atoms with Crippen LogP contribution in [-0.2, 0) is 4.79 Å². The zero-order chi connectivity index (χ0) is 14.4. The maximum atomic E-state index is 11.9. The van der Waals surface area contributed by atoms with Crippen molar-refractivity contribution in [2.24, 2.45) is 5.16 Å². The summed E-state index contributed by atoms with van der Waals surface area (Å²) in [6.45, 7) is 3.74. The van der Waals surface area contributed by atoms with Gasteiger partial charge in [0.1, 0.15) is 5.75 Å². The third-order valence-corrected chi connectivity index (χ3v) is 2.67. The van der Waals surface area contributed by atoms with Crippen molar-refractivity contribution in [3.63, 3.8) is 0 Å². The van der Waals surface area contributed by atoms with Crippen molar-refractivity contribution in [2.45, 2.75) is 0 Å². The normalized spacial score (nSPS) is 10.4. The van der Waals surface area contributed by atoms with Crippen LogP contribution in [0.3, 0.4) is 0 Å². The summed E-state index contributed by atoms with van der Waals surface area (Å²) in [5, 5.41) is 11.3. The van der Waals surface area contributed by atoms with E-state index >= 15 is 0 Å². The fraction of sp³-hybridized carbons (Fsp3) is 0. The van der Waals surface area contributed by atoms with Crippen molar-refractivity contribution in [1.82, 2.24) is 0 Å². The first-order valence-electron chi connectivity index (χ1n) is 5.94. The van der Waals surface area contributed by atoms with E-state index in [2.05, 4.69) is 11.7 Å². The highest BCUT2D eigenvalue weighted by molar-refractivity contribution is 6.16. The van der Waals surface area contributed by atoms with Crippen LogP contribution in [-0.4, -0.2) is 17.4 Å². The summed E-state index contributed by atoms with van der Waals surface area (Å²) in [4.78, 5) is 11.9. The number of oxime groups is 1. The third-order valence-electron chi connectivity index (χ3n) is 2.67. The van der Waals surface area contributed by atoms with E-state index < -0.39 is 5.97 Å². The summed E-state index contributed by atoms with van der Waals surface area (Å²) >= 11 is 0. The number of carbonyl (C=O) groups is 1. The molecule has 20 heavy (non-hydrogen) atoms. The lowest BCUT2D eigenvalue weighted by Gasteiger charge is -2.07. The Labute approximate surface area is 116 Å². The van der Waals surface area contributed by atoms with Gasteiger partial charge < -0.3 is 9.94 Å². The van der Waals surface area contributed by atoms with Crippen LogP contribution in [0.25, 0.3) is 5.57 Å². The van der Waals surface area contributed by atoms with Crippen molar-refractivity contribution in [3.05, 3.63) is 72.3 Å². The Morgan fingerprint density at radius 1 is 1.10 bits per heavy atom. The number of nitrogens with zero attached hydrogens (tertiary/aromatic N) is 1. The van der Waals surface area contributed by atoms with Crippen molar-refractivity contribution in [2.75, 3.05) is 0 Å². The van der Waals surface area contributed by atoms with Gasteiger partial charge in [0, 0.05) is 0 Å². The van der Waals surface area contributed by atoms with Crippen molar-refractivity contribution < 1.29 is 14.7 Å². The Hall–Kier alpha value is -2.88. The fourth-order valence-electron chi connectivity index (χ4n) is 1.61. The van der Waals surface area contributed by atoms with Gasteiger partial charge in [0.05, 0.1) is 11.8 Å². The molecule has 0 aliphatic rings. The van der Waals surface area contributed by atoms with Crippen molar-refractivity contribution in [3.8, 4) is 5.75 Å². The molecule has 2 aromatic rings. The van der Waals surface area contributed by atoms with E-state index in [1.165, 1.54) is 6.21 Å². The molecule has 0 heterocycles. The maximum absolute atomic E-state index is 11.9.